The number of fused-ring (bicyclic) bond motifs is 1. The molecule has 2 unspecified atom stereocenters. The van der Waals surface area contributed by atoms with Gasteiger partial charge in [0.25, 0.3) is 0 Å². The Balaban J connectivity index is 2.10. The van der Waals surface area contributed by atoms with E-state index >= 15 is 0 Å². The van der Waals surface area contributed by atoms with Crippen LogP contribution in [-0.4, -0.2) is 23.2 Å². The van der Waals surface area contributed by atoms with E-state index in [-0.39, 0.29) is 22.6 Å². The molecule has 2 heterocycles. The van der Waals surface area contributed by atoms with Crippen LogP contribution in [0.5, 0.6) is 0 Å². The molecule has 0 aliphatic carbocycles. The molecule has 2 atom stereocenters. The van der Waals surface area contributed by atoms with Crippen molar-refractivity contribution in [2.75, 3.05) is 4.90 Å². The summed E-state index contributed by atoms with van der Waals surface area (Å²) in [6.07, 6.45) is -9.28. The van der Waals surface area contributed by atoms with Gasteiger partial charge in [-0.05, 0) is 38.0 Å². The van der Waals surface area contributed by atoms with Crippen LogP contribution in [0.4, 0.5) is 32.0 Å². The summed E-state index contributed by atoms with van der Waals surface area (Å²) >= 11 is 0. The minimum Gasteiger partial charge on any atom is -0.365 e. The van der Waals surface area contributed by atoms with Gasteiger partial charge < -0.3 is 9.88 Å². The molecule has 3 rings (SSSR count). The molecule has 1 saturated heterocycles. The second-order valence-electron chi connectivity index (χ2n) is 6.58. The summed E-state index contributed by atoms with van der Waals surface area (Å²) in [6, 6.07) is 3.38. The van der Waals surface area contributed by atoms with Crippen LogP contribution in [-0.2, 0) is 6.18 Å². The van der Waals surface area contributed by atoms with Gasteiger partial charge in [0.2, 0.25) is 5.56 Å². The van der Waals surface area contributed by atoms with E-state index in [4.69, 9.17) is 0 Å². The Morgan fingerprint density at radius 1 is 1.12 bits per heavy atom. The van der Waals surface area contributed by atoms with Crippen molar-refractivity contribution in [2.45, 2.75) is 50.6 Å². The molecule has 2 aromatic rings. The fourth-order valence-corrected chi connectivity index (χ4v) is 3.64. The Bertz CT molecular complexity index is 870. The summed E-state index contributed by atoms with van der Waals surface area (Å²) in [5.74, 6) is 0. The van der Waals surface area contributed by atoms with Gasteiger partial charge in [0.15, 0.2) is 0 Å². The van der Waals surface area contributed by atoms with Crippen LogP contribution in [0.15, 0.2) is 29.1 Å². The Morgan fingerprint density at radius 3 is 2.42 bits per heavy atom. The van der Waals surface area contributed by atoms with E-state index in [2.05, 4.69) is 4.98 Å². The number of pyridine rings is 1. The zero-order valence-corrected chi connectivity index (χ0v) is 13.7. The molecule has 3 nitrogen and oxygen atoms in total. The average molecular weight is 378 g/mol. The number of halogens is 6. The van der Waals surface area contributed by atoms with Gasteiger partial charge in [-0.15, -0.1) is 0 Å². The maximum Gasteiger partial charge on any atom is 0.417 e. The summed E-state index contributed by atoms with van der Waals surface area (Å²) in [5, 5.41) is -0.237. The highest BCUT2D eigenvalue weighted by atomic mass is 19.4. The monoisotopic (exact) mass is 378 g/mol. The molecular formula is C17H16F6N2O. The van der Waals surface area contributed by atoms with Crippen molar-refractivity contribution in [1.82, 2.24) is 4.98 Å². The molecule has 142 valence electrons. The molecule has 9 heteroatoms. The summed E-state index contributed by atoms with van der Waals surface area (Å²) in [7, 11) is 0. The lowest BCUT2D eigenvalue weighted by atomic mass is 10.1. The highest BCUT2D eigenvalue weighted by Crippen LogP contribution is 2.39. The first-order chi connectivity index (χ1) is 12.0. The highest BCUT2D eigenvalue weighted by molar-refractivity contribution is 5.86. The van der Waals surface area contributed by atoms with E-state index in [1.165, 1.54) is 23.1 Å². The molecule has 0 amide bonds. The number of benzene rings is 1. The average Bonchev–Trinajstić information content (AvgIpc) is 2.83. The van der Waals surface area contributed by atoms with Gasteiger partial charge >= 0.3 is 12.4 Å². The molecule has 26 heavy (non-hydrogen) atoms. The number of aromatic amines is 1. The smallest absolute Gasteiger partial charge is 0.365 e. The minimum atomic E-state index is -4.74. The normalized spacial score (nSPS) is 21.6. The maximum atomic E-state index is 13.3. The van der Waals surface area contributed by atoms with Crippen LogP contribution < -0.4 is 10.5 Å². The van der Waals surface area contributed by atoms with E-state index < -0.39 is 35.9 Å². The Labute approximate surface area is 144 Å². The van der Waals surface area contributed by atoms with Gasteiger partial charge in [0.1, 0.15) is 0 Å². The molecule has 1 N–H and O–H groups in total. The largest absolute Gasteiger partial charge is 0.417 e. The third kappa shape index (κ3) is 3.66. The number of hydrogen-bond acceptors (Lipinski definition) is 2. The molecule has 1 fully saturated rings. The molecule has 1 aromatic carbocycles. The maximum absolute atomic E-state index is 13.3. The summed E-state index contributed by atoms with van der Waals surface area (Å²) < 4.78 is 78.3. The second-order valence-corrected chi connectivity index (χ2v) is 6.58. The quantitative estimate of drug-likeness (QED) is 0.758. The summed E-state index contributed by atoms with van der Waals surface area (Å²) in [6.45, 7) is 1.75. The lowest BCUT2D eigenvalue weighted by Gasteiger charge is -2.31. The predicted octanol–water partition coefficient (Wildman–Crippen LogP) is 4.86. The van der Waals surface area contributed by atoms with E-state index in [0.717, 1.165) is 0 Å². The molecule has 1 aliphatic rings. The van der Waals surface area contributed by atoms with E-state index in [1.54, 1.807) is 6.92 Å². The van der Waals surface area contributed by atoms with Crippen molar-refractivity contribution >= 4 is 16.6 Å². The molecular weight excluding hydrogens is 362 g/mol. The van der Waals surface area contributed by atoms with Crippen molar-refractivity contribution in [3.05, 3.63) is 40.2 Å². The SMILES string of the molecule is CC1CCC(CC(F)(F)F)N1c1ccc2[nH]c(=O)cc(C(F)(F)F)c2c1. The molecule has 0 saturated carbocycles. The Morgan fingerprint density at radius 2 is 1.81 bits per heavy atom. The number of alkyl halides is 6. The van der Waals surface area contributed by atoms with Crippen molar-refractivity contribution in [3.63, 3.8) is 0 Å². The van der Waals surface area contributed by atoms with Gasteiger partial charge in [-0.3, -0.25) is 4.79 Å². The molecule has 1 aliphatic heterocycles. The predicted molar refractivity (Wildman–Crippen MR) is 85.2 cm³/mol. The van der Waals surface area contributed by atoms with Crippen LogP contribution in [0.1, 0.15) is 31.7 Å². The second kappa shape index (κ2) is 6.21. The van der Waals surface area contributed by atoms with Crippen LogP contribution >= 0.6 is 0 Å². The van der Waals surface area contributed by atoms with Crippen LogP contribution in [0.25, 0.3) is 10.9 Å². The van der Waals surface area contributed by atoms with Gasteiger partial charge in [-0.25, -0.2) is 0 Å². The minimum absolute atomic E-state index is 0.00667. The number of nitrogens with zero attached hydrogens (tertiary/aromatic N) is 1. The van der Waals surface area contributed by atoms with Crippen molar-refractivity contribution < 1.29 is 26.3 Å². The number of H-pyrrole nitrogens is 1. The molecule has 0 bridgehead atoms. The lowest BCUT2D eigenvalue weighted by molar-refractivity contribution is -0.138. The number of aromatic nitrogens is 1. The first kappa shape index (κ1) is 18.6. The summed E-state index contributed by atoms with van der Waals surface area (Å²) in [5.41, 5.74) is -1.71. The van der Waals surface area contributed by atoms with E-state index in [9.17, 15) is 31.1 Å². The topological polar surface area (TPSA) is 36.1 Å². The van der Waals surface area contributed by atoms with Gasteiger partial charge in [0.05, 0.1) is 12.0 Å². The molecule has 1 aromatic heterocycles. The van der Waals surface area contributed by atoms with Crippen LogP contribution in [0.2, 0.25) is 0 Å². The number of anilines is 1. The van der Waals surface area contributed by atoms with Gasteiger partial charge in [0, 0.05) is 34.7 Å². The Hall–Kier alpha value is -2.19. The lowest BCUT2D eigenvalue weighted by Crippen LogP contribution is -2.37. The third-order valence-electron chi connectivity index (χ3n) is 4.68. The molecule has 0 radical (unpaired) electrons. The van der Waals surface area contributed by atoms with Crippen molar-refractivity contribution in [1.29, 1.82) is 0 Å². The zero-order chi connectivity index (χ0) is 19.3. The van der Waals surface area contributed by atoms with E-state index in [1.807, 2.05) is 0 Å². The van der Waals surface area contributed by atoms with Crippen LogP contribution in [0, 0.1) is 0 Å². The van der Waals surface area contributed by atoms with Gasteiger partial charge in [-0.1, -0.05) is 0 Å². The first-order valence-electron chi connectivity index (χ1n) is 8.05. The van der Waals surface area contributed by atoms with Crippen LogP contribution in [0.3, 0.4) is 0 Å². The molecule has 0 spiro atoms. The fraction of sp³-hybridized carbons (Fsp3) is 0.471. The number of hydrogen-bond donors (Lipinski definition) is 1. The highest BCUT2D eigenvalue weighted by Gasteiger charge is 2.40. The number of nitrogens with one attached hydrogen (secondary N) is 1. The third-order valence-corrected chi connectivity index (χ3v) is 4.68. The Kier molecular flexibility index (Phi) is 4.44. The van der Waals surface area contributed by atoms with Crippen molar-refractivity contribution in [2.24, 2.45) is 0 Å². The first-order valence-corrected chi connectivity index (χ1v) is 8.05. The van der Waals surface area contributed by atoms with Crippen molar-refractivity contribution in [3.8, 4) is 0 Å². The zero-order valence-electron chi connectivity index (χ0n) is 13.7. The standard InChI is InChI=1S/C17H16F6N2O/c1-9-2-3-11(8-16(18,19)20)25(9)10-4-5-14-12(6-10)13(17(21,22)23)7-15(26)24-14/h4-7,9,11H,2-3,8H2,1H3,(H,24,26). The summed E-state index contributed by atoms with van der Waals surface area (Å²) in [4.78, 5) is 15.3. The number of rotatable bonds is 2. The van der Waals surface area contributed by atoms with Gasteiger partial charge in [-0.2, -0.15) is 26.3 Å². The van der Waals surface area contributed by atoms with E-state index in [0.29, 0.717) is 18.9 Å². The fourth-order valence-electron chi connectivity index (χ4n) is 3.64.